The molecular weight excluding hydrogens is 310 g/mol. The van der Waals surface area contributed by atoms with Gasteiger partial charge in [-0.15, -0.1) is 10.2 Å². The van der Waals surface area contributed by atoms with Gasteiger partial charge in [-0.1, -0.05) is 32.1 Å². The Kier molecular flexibility index (Phi) is 4.61. The summed E-state index contributed by atoms with van der Waals surface area (Å²) >= 11 is 1.42. The summed E-state index contributed by atoms with van der Waals surface area (Å²) in [6.45, 7) is 6.47. The zero-order valence-corrected chi connectivity index (χ0v) is 14.4. The predicted octanol–water partition coefficient (Wildman–Crippen LogP) is 4.10. The number of nitrogens with one attached hydrogen (secondary N) is 1. The van der Waals surface area contributed by atoms with Crippen molar-refractivity contribution >= 4 is 28.5 Å². The van der Waals surface area contributed by atoms with Gasteiger partial charge >= 0.3 is 0 Å². The van der Waals surface area contributed by atoms with Gasteiger partial charge in [0.05, 0.1) is 0 Å². The van der Waals surface area contributed by atoms with E-state index in [4.69, 9.17) is 4.42 Å². The standard InChI is InChI=1S/C17H21N3O2S/c1-10(2)8-16-19-20-17(23-16)18-15(21)7-5-12-4-6-14(22-12)13-9-11(13)3/h4-7,10-11,13H,8-9H2,1-3H3,(H,18,20,21)/b7-5+. The van der Waals surface area contributed by atoms with Crippen LogP contribution in [0, 0.1) is 11.8 Å². The maximum absolute atomic E-state index is 11.9. The van der Waals surface area contributed by atoms with Crippen molar-refractivity contribution in [2.75, 3.05) is 5.32 Å². The molecule has 3 rings (SSSR count). The molecule has 2 aromatic heterocycles. The molecule has 1 aliphatic carbocycles. The van der Waals surface area contributed by atoms with Gasteiger partial charge in [0.2, 0.25) is 11.0 Å². The van der Waals surface area contributed by atoms with E-state index in [1.54, 1.807) is 6.08 Å². The zero-order chi connectivity index (χ0) is 16.4. The molecule has 23 heavy (non-hydrogen) atoms. The Bertz CT molecular complexity index is 717. The van der Waals surface area contributed by atoms with Crippen LogP contribution in [0.2, 0.25) is 0 Å². The maximum Gasteiger partial charge on any atom is 0.250 e. The Morgan fingerprint density at radius 3 is 2.96 bits per heavy atom. The van der Waals surface area contributed by atoms with E-state index in [9.17, 15) is 4.79 Å². The summed E-state index contributed by atoms with van der Waals surface area (Å²) in [5, 5.41) is 12.3. The first-order valence-electron chi connectivity index (χ1n) is 7.92. The molecule has 2 atom stereocenters. The Balaban J connectivity index is 1.54. The molecule has 0 radical (unpaired) electrons. The first kappa shape index (κ1) is 15.9. The van der Waals surface area contributed by atoms with Gasteiger partial charge in [0.25, 0.3) is 0 Å². The topological polar surface area (TPSA) is 68.0 Å². The van der Waals surface area contributed by atoms with Crippen molar-refractivity contribution in [3.63, 3.8) is 0 Å². The molecule has 0 aromatic carbocycles. The third-order valence-electron chi connectivity index (χ3n) is 3.80. The van der Waals surface area contributed by atoms with Crippen molar-refractivity contribution < 1.29 is 9.21 Å². The summed E-state index contributed by atoms with van der Waals surface area (Å²) in [6, 6.07) is 3.89. The molecule has 0 spiro atoms. The largest absolute Gasteiger partial charge is 0.461 e. The number of furan rings is 1. The van der Waals surface area contributed by atoms with Crippen LogP contribution in [-0.4, -0.2) is 16.1 Å². The van der Waals surface area contributed by atoms with Crippen LogP contribution in [0.1, 0.15) is 49.6 Å². The van der Waals surface area contributed by atoms with E-state index in [1.807, 2.05) is 12.1 Å². The van der Waals surface area contributed by atoms with E-state index >= 15 is 0 Å². The Morgan fingerprint density at radius 1 is 1.48 bits per heavy atom. The van der Waals surface area contributed by atoms with Crippen LogP contribution in [0.25, 0.3) is 6.08 Å². The third-order valence-corrected chi connectivity index (χ3v) is 4.66. The number of hydrogen-bond acceptors (Lipinski definition) is 5. The highest BCUT2D eigenvalue weighted by Gasteiger charge is 2.36. The fourth-order valence-corrected chi connectivity index (χ4v) is 3.37. The van der Waals surface area contributed by atoms with Crippen molar-refractivity contribution in [2.24, 2.45) is 11.8 Å². The second-order valence-electron chi connectivity index (χ2n) is 6.48. The first-order valence-corrected chi connectivity index (χ1v) is 8.74. The molecule has 122 valence electrons. The predicted molar refractivity (Wildman–Crippen MR) is 91.3 cm³/mol. The lowest BCUT2D eigenvalue weighted by atomic mass is 10.1. The van der Waals surface area contributed by atoms with E-state index < -0.39 is 0 Å². The summed E-state index contributed by atoms with van der Waals surface area (Å²) in [6.07, 6.45) is 5.20. The van der Waals surface area contributed by atoms with Gasteiger partial charge in [-0.05, 0) is 36.5 Å². The summed E-state index contributed by atoms with van der Waals surface area (Å²) in [5.41, 5.74) is 0. The van der Waals surface area contributed by atoms with E-state index in [0.717, 1.165) is 17.2 Å². The number of nitrogens with zero attached hydrogens (tertiary/aromatic N) is 2. The van der Waals surface area contributed by atoms with Crippen LogP contribution < -0.4 is 5.32 Å². The molecule has 1 aliphatic rings. The maximum atomic E-state index is 11.9. The van der Waals surface area contributed by atoms with Crippen molar-refractivity contribution in [3.05, 3.63) is 34.7 Å². The minimum absolute atomic E-state index is 0.227. The highest BCUT2D eigenvalue weighted by atomic mass is 32.1. The first-order chi connectivity index (χ1) is 11.0. The normalized spacial score (nSPS) is 20.3. The molecular formula is C17H21N3O2S. The lowest BCUT2D eigenvalue weighted by Crippen LogP contribution is -2.07. The summed E-state index contributed by atoms with van der Waals surface area (Å²) in [7, 11) is 0. The van der Waals surface area contributed by atoms with Gasteiger partial charge < -0.3 is 4.42 Å². The minimum atomic E-state index is -0.227. The van der Waals surface area contributed by atoms with E-state index in [1.165, 1.54) is 23.8 Å². The molecule has 1 saturated carbocycles. The van der Waals surface area contributed by atoms with Gasteiger partial charge in [0, 0.05) is 18.4 Å². The van der Waals surface area contributed by atoms with Crippen LogP contribution in [0.5, 0.6) is 0 Å². The van der Waals surface area contributed by atoms with Gasteiger partial charge in [-0.25, -0.2) is 0 Å². The monoisotopic (exact) mass is 331 g/mol. The second kappa shape index (κ2) is 6.66. The Labute approximate surface area is 139 Å². The van der Waals surface area contributed by atoms with Crippen molar-refractivity contribution in [2.45, 2.75) is 39.5 Å². The molecule has 5 nitrogen and oxygen atoms in total. The number of aromatic nitrogens is 2. The fraction of sp³-hybridized carbons (Fsp3) is 0.471. The summed E-state index contributed by atoms with van der Waals surface area (Å²) in [5.74, 6) is 3.27. The molecule has 2 heterocycles. The van der Waals surface area contributed by atoms with Gasteiger partial charge in [-0.2, -0.15) is 0 Å². The van der Waals surface area contributed by atoms with Crippen LogP contribution in [0.4, 0.5) is 5.13 Å². The van der Waals surface area contributed by atoms with E-state index in [-0.39, 0.29) is 5.91 Å². The van der Waals surface area contributed by atoms with Crippen LogP contribution >= 0.6 is 11.3 Å². The Hall–Kier alpha value is -1.95. The van der Waals surface area contributed by atoms with Crippen LogP contribution in [0.3, 0.4) is 0 Å². The van der Waals surface area contributed by atoms with Crippen LogP contribution in [-0.2, 0) is 11.2 Å². The Morgan fingerprint density at radius 2 is 2.26 bits per heavy atom. The lowest BCUT2D eigenvalue weighted by Gasteiger charge is -1.97. The number of carbonyl (C=O) groups excluding carboxylic acids is 1. The van der Waals surface area contributed by atoms with Gasteiger partial charge in [0.1, 0.15) is 16.5 Å². The number of anilines is 1. The molecule has 1 N–H and O–H groups in total. The number of carbonyl (C=O) groups is 1. The third kappa shape index (κ3) is 4.28. The molecule has 0 bridgehead atoms. The van der Waals surface area contributed by atoms with Crippen LogP contribution in [0.15, 0.2) is 22.6 Å². The average Bonchev–Trinajstić information content (AvgIpc) is 2.90. The highest BCUT2D eigenvalue weighted by Crippen LogP contribution is 2.47. The molecule has 2 aromatic rings. The average molecular weight is 331 g/mol. The van der Waals surface area contributed by atoms with Crippen molar-refractivity contribution in [1.82, 2.24) is 10.2 Å². The van der Waals surface area contributed by atoms with Crippen molar-refractivity contribution in [1.29, 1.82) is 0 Å². The van der Waals surface area contributed by atoms with Gasteiger partial charge in [0.15, 0.2) is 0 Å². The minimum Gasteiger partial charge on any atom is -0.461 e. The molecule has 1 amide bonds. The molecule has 2 unspecified atom stereocenters. The lowest BCUT2D eigenvalue weighted by molar-refractivity contribution is -0.111. The smallest absolute Gasteiger partial charge is 0.250 e. The molecule has 6 heteroatoms. The molecule has 0 aliphatic heterocycles. The zero-order valence-electron chi connectivity index (χ0n) is 13.6. The SMILES string of the molecule is CC(C)Cc1nnc(NC(=O)/C=C/c2ccc(C3CC3C)o2)s1. The second-order valence-corrected chi connectivity index (χ2v) is 7.54. The number of hydrogen-bond donors (Lipinski definition) is 1. The molecule has 1 fully saturated rings. The van der Waals surface area contributed by atoms with Gasteiger partial charge in [-0.3, -0.25) is 10.1 Å². The van der Waals surface area contributed by atoms with E-state index in [2.05, 4.69) is 36.3 Å². The van der Waals surface area contributed by atoms with Crippen molar-refractivity contribution in [3.8, 4) is 0 Å². The van der Waals surface area contributed by atoms with E-state index in [0.29, 0.717) is 28.6 Å². The highest BCUT2D eigenvalue weighted by molar-refractivity contribution is 7.15. The summed E-state index contributed by atoms with van der Waals surface area (Å²) in [4.78, 5) is 11.9. The number of rotatable bonds is 6. The quantitative estimate of drug-likeness (QED) is 0.809. The molecule has 0 saturated heterocycles. The number of amides is 1. The fourth-order valence-electron chi connectivity index (χ4n) is 2.42. The summed E-state index contributed by atoms with van der Waals surface area (Å²) < 4.78 is 5.73.